The molecule has 22 heavy (non-hydrogen) atoms. The summed E-state index contributed by atoms with van der Waals surface area (Å²) in [5.41, 5.74) is 0. The van der Waals surface area contributed by atoms with Crippen molar-refractivity contribution in [2.24, 2.45) is 0 Å². The van der Waals surface area contributed by atoms with Crippen LogP contribution in [0.3, 0.4) is 0 Å². The van der Waals surface area contributed by atoms with Crippen molar-refractivity contribution in [2.45, 2.75) is 25.9 Å². The quantitative estimate of drug-likeness (QED) is 0.704. The summed E-state index contributed by atoms with van der Waals surface area (Å²) in [6.07, 6.45) is 0. The van der Waals surface area contributed by atoms with E-state index in [0.717, 1.165) is 12.1 Å². The fourth-order valence-electron chi connectivity index (χ4n) is 1.62. The van der Waals surface area contributed by atoms with Crippen LogP contribution >= 0.6 is 7.60 Å². The molecule has 0 aliphatic rings. The minimum Gasteiger partial charge on any atom is -0.416 e. The summed E-state index contributed by atoms with van der Waals surface area (Å²) >= 11 is 0. The van der Waals surface area contributed by atoms with E-state index in [9.17, 15) is 13.3 Å². The Morgan fingerprint density at radius 2 is 1.27 bits per heavy atom. The van der Waals surface area contributed by atoms with E-state index in [2.05, 4.69) is 0 Å². The Bertz CT molecular complexity index is 659. The lowest BCUT2D eigenvalue weighted by atomic mass is 10.3. The third-order valence-electron chi connectivity index (χ3n) is 2.86. The highest BCUT2D eigenvalue weighted by molar-refractivity contribution is 7.56. The topological polar surface area (TPSA) is 35.5 Å². The second kappa shape index (κ2) is 6.09. The summed E-state index contributed by atoms with van der Waals surface area (Å²) < 4.78 is 50.5. The van der Waals surface area contributed by atoms with Crippen molar-refractivity contribution in [2.75, 3.05) is 0 Å². The molecule has 118 valence electrons. The molecule has 6 heteroatoms. The molecule has 2 aromatic carbocycles. The maximum absolute atomic E-state index is 13.3. The molecule has 0 radical (unpaired) electrons. The monoisotopic (exact) mass is 326 g/mol. The van der Waals surface area contributed by atoms with E-state index in [4.69, 9.17) is 9.05 Å². The predicted octanol–water partition coefficient (Wildman–Crippen LogP) is 5.41. The van der Waals surface area contributed by atoms with Gasteiger partial charge in [0, 0.05) is 12.1 Å². The molecule has 0 saturated heterocycles. The van der Waals surface area contributed by atoms with Gasteiger partial charge < -0.3 is 9.05 Å². The van der Waals surface area contributed by atoms with Gasteiger partial charge in [0.2, 0.25) is 0 Å². The Labute approximate surface area is 128 Å². The third kappa shape index (κ3) is 3.86. The van der Waals surface area contributed by atoms with Gasteiger partial charge in [-0.3, -0.25) is 0 Å². The molecule has 0 aromatic heterocycles. The van der Waals surface area contributed by atoms with E-state index in [1.165, 1.54) is 36.4 Å². The second-order valence-corrected chi connectivity index (χ2v) is 8.47. The fraction of sp³-hybridized carbons (Fsp3) is 0.250. The number of benzene rings is 2. The van der Waals surface area contributed by atoms with Crippen LogP contribution in [0.25, 0.3) is 0 Å². The standard InChI is InChI=1S/C16H17F2O3P/c1-16(2,3)22(19,20-14-8-4-6-12(17)10-14)21-15-9-5-7-13(18)11-15/h4-11H,1-3H3. The van der Waals surface area contributed by atoms with Crippen LogP contribution in [0.4, 0.5) is 8.78 Å². The van der Waals surface area contributed by atoms with Crippen LogP contribution in [0.15, 0.2) is 48.5 Å². The second-order valence-electron chi connectivity index (χ2n) is 5.77. The zero-order valence-corrected chi connectivity index (χ0v) is 13.4. The van der Waals surface area contributed by atoms with E-state index in [-0.39, 0.29) is 11.5 Å². The highest BCUT2D eigenvalue weighted by atomic mass is 31.2. The largest absolute Gasteiger partial charge is 0.435 e. The van der Waals surface area contributed by atoms with Crippen LogP contribution in [-0.4, -0.2) is 5.16 Å². The molecule has 3 nitrogen and oxygen atoms in total. The normalized spacial score (nSPS) is 12.0. The summed E-state index contributed by atoms with van der Waals surface area (Å²) in [5, 5.41) is -0.883. The molecule has 2 aromatic rings. The molecular formula is C16H17F2O3P. The Kier molecular flexibility index (Phi) is 4.57. The van der Waals surface area contributed by atoms with Crippen molar-refractivity contribution in [3.05, 3.63) is 60.2 Å². The highest BCUT2D eigenvalue weighted by Gasteiger charge is 2.43. The fourth-order valence-corrected chi connectivity index (χ4v) is 2.98. The SMILES string of the molecule is CC(C)(C)P(=O)(Oc1cccc(F)c1)Oc1cccc(F)c1. The smallest absolute Gasteiger partial charge is 0.416 e. The molecule has 0 N–H and O–H groups in total. The number of hydrogen-bond acceptors (Lipinski definition) is 3. The molecular weight excluding hydrogens is 309 g/mol. The summed E-state index contributed by atoms with van der Waals surface area (Å²) in [6.45, 7) is 5.02. The summed E-state index contributed by atoms with van der Waals surface area (Å²) in [7, 11) is -3.72. The minimum atomic E-state index is -3.72. The summed E-state index contributed by atoms with van der Waals surface area (Å²) in [4.78, 5) is 0. The van der Waals surface area contributed by atoms with Crippen molar-refractivity contribution in [1.82, 2.24) is 0 Å². The molecule has 0 fully saturated rings. The number of hydrogen-bond donors (Lipinski definition) is 0. The third-order valence-corrected chi connectivity index (χ3v) is 5.41. The van der Waals surface area contributed by atoms with Crippen molar-refractivity contribution < 1.29 is 22.4 Å². The van der Waals surface area contributed by atoms with Gasteiger partial charge in [0.1, 0.15) is 23.1 Å². The van der Waals surface area contributed by atoms with Gasteiger partial charge in [-0.05, 0) is 45.0 Å². The first-order valence-corrected chi connectivity index (χ1v) is 8.24. The Morgan fingerprint density at radius 1 is 0.864 bits per heavy atom. The lowest BCUT2D eigenvalue weighted by molar-refractivity contribution is 0.355. The summed E-state index contributed by atoms with van der Waals surface area (Å²) in [6, 6.07) is 10.6. The molecule has 0 unspecified atom stereocenters. The van der Waals surface area contributed by atoms with Crippen molar-refractivity contribution in [3.63, 3.8) is 0 Å². The van der Waals surface area contributed by atoms with E-state index < -0.39 is 24.4 Å². The van der Waals surface area contributed by atoms with Gasteiger partial charge in [-0.2, -0.15) is 0 Å². The van der Waals surface area contributed by atoms with Crippen molar-refractivity contribution in [3.8, 4) is 11.5 Å². The molecule has 0 aliphatic heterocycles. The number of halogens is 2. The number of rotatable bonds is 4. The first kappa shape index (κ1) is 16.5. The van der Waals surface area contributed by atoms with Gasteiger partial charge in [0.05, 0.1) is 5.16 Å². The Balaban J connectivity index is 2.34. The van der Waals surface area contributed by atoms with Crippen LogP contribution < -0.4 is 9.05 Å². The van der Waals surface area contributed by atoms with E-state index >= 15 is 0 Å². The van der Waals surface area contributed by atoms with Gasteiger partial charge >= 0.3 is 7.60 Å². The predicted molar refractivity (Wildman–Crippen MR) is 81.4 cm³/mol. The molecule has 0 atom stereocenters. The molecule has 0 spiro atoms. The van der Waals surface area contributed by atoms with Gasteiger partial charge in [-0.1, -0.05) is 12.1 Å². The maximum Gasteiger partial charge on any atom is 0.435 e. The maximum atomic E-state index is 13.3. The van der Waals surface area contributed by atoms with E-state index in [0.29, 0.717) is 0 Å². The van der Waals surface area contributed by atoms with Crippen LogP contribution in [0.5, 0.6) is 11.5 Å². The van der Waals surface area contributed by atoms with Crippen LogP contribution in [-0.2, 0) is 4.57 Å². The molecule has 0 saturated carbocycles. The van der Waals surface area contributed by atoms with Crippen molar-refractivity contribution >= 4 is 7.60 Å². The lowest BCUT2D eigenvalue weighted by Crippen LogP contribution is -2.22. The molecule has 2 rings (SSSR count). The van der Waals surface area contributed by atoms with Gasteiger partial charge in [-0.15, -0.1) is 0 Å². The van der Waals surface area contributed by atoms with Crippen molar-refractivity contribution in [1.29, 1.82) is 0 Å². The first-order chi connectivity index (χ1) is 10.2. The molecule has 0 aliphatic carbocycles. The van der Waals surface area contributed by atoms with Crippen LogP contribution in [0.1, 0.15) is 20.8 Å². The van der Waals surface area contributed by atoms with Gasteiger partial charge in [0.15, 0.2) is 0 Å². The average molecular weight is 326 g/mol. The lowest BCUT2D eigenvalue weighted by Gasteiger charge is -2.30. The van der Waals surface area contributed by atoms with E-state index in [1.54, 1.807) is 20.8 Å². The Hall–Kier alpha value is -1.87. The average Bonchev–Trinajstić information content (AvgIpc) is 2.37. The Morgan fingerprint density at radius 3 is 1.59 bits per heavy atom. The zero-order chi connectivity index (χ0) is 16.4. The highest BCUT2D eigenvalue weighted by Crippen LogP contribution is 2.58. The first-order valence-electron chi connectivity index (χ1n) is 6.70. The van der Waals surface area contributed by atoms with Gasteiger partial charge in [-0.25, -0.2) is 13.3 Å². The van der Waals surface area contributed by atoms with Crippen LogP contribution in [0, 0.1) is 11.6 Å². The van der Waals surface area contributed by atoms with Crippen LogP contribution in [0.2, 0.25) is 0 Å². The minimum absolute atomic E-state index is 0.0923. The van der Waals surface area contributed by atoms with E-state index in [1.807, 2.05) is 0 Å². The van der Waals surface area contributed by atoms with Gasteiger partial charge in [0.25, 0.3) is 0 Å². The molecule has 0 bridgehead atoms. The molecule has 0 amide bonds. The summed E-state index contributed by atoms with van der Waals surface area (Å²) in [5.74, 6) is -0.836. The molecule has 0 heterocycles. The zero-order valence-electron chi connectivity index (χ0n) is 12.5.